The Morgan fingerprint density at radius 2 is 1.85 bits per heavy atom. The minimum atomic E-state index is -3.99. The van der Waals surface area contributed by atoms with Gasteiger partial charge in [-0.05, 0) is 64.2 Å². The lowest BCUT2D eigenvalue weighted by Gasteiger charge is -2.19. The predicted molar refractivity (Wildman–Crippen MR) is 124 cm³/mol. The van der Waals surface area contributed by atoms with Crippen molar-refractivity contribution in [2.75, 3.05) is 13.1 Å². The van der Waals surface area contributed by atoms with Crippen molar-refractivity contribution >= 4 is 27.9 Å². The number of sulfonamides is 1. The fourth-order valence-corrected chi connectivity index (χ4v) is 5.33. The number of ether oxygens (including phenoxy) is 1. The van der Waals surface area contributed by atoms with E-state index in [0.29, 0.717) is 24.0 Å². The highest BCUT2D eigenvalue weighted by molar-refractivity contribution is 7.90. The molecular formula is C21H33N5O6S. The first-order valence-corrected chi connectivity index (χ1v) is 12.0. The summed E-state index contributed by atoms with van der Waals surface area (Å²) in [6, 6.07) is -0.899. The molecule has 0 radical (unpaired) electrons. The SMILES string of the molecule is Cc1c(C)c(S(=O)(=O)NC(N)=NCCC[C@H](N)C(=O)NCC(=O)O)c(C)c2c1OC(C)(C)C2. The molecule has 11 nitrogen and oxygen atoms in total. The maximum absolute atomic E-state index is 13.1. The Bertz CT molecular complexity index is 1080. The van der Waals surface area contributed by atoms with E-state index in [4.69, 9.17) is 21.3 Å². The monoisotopic (exact) mass is 483 g/mol. The zero-order chi connectivity index (χ0) is 25.1. The molecule has 1 aliphatic rings. The van der Waals surface area contributed by atoms with Crippen LogP contribution in [0.5, 0.6) is 5.75 Å². The first-order valence-electron chi connectivity index (χ1n) is 10.6. The number of rotatable bonds is 9. The second-order valence-electron chi connectivity index (χ2n) is 8.78. The van der Waals surface area contributed by atoms with Crippen LogP contribution in [0.2, 0.25) is 0 Å². The van der Waals surface area contributed by atoms with Crippen molar-refractivity contribution in [1.29, 1.82) is 0 Å². The third-order valence-electron chi connectivity index (χ3n) is 5.51. The first-order chi connectivity index (χ1) is 15.2. The lowest BCUT2D eigenvalue weighted by Crippen LogP contribution is -2.42. The quantitative estimate of drug-likeness (QED) is 0.187. The molecule has 33 heavy (non-hydrogen) atoms. The van der Waals surface area contributed by atoms with E-state index >= 15 is 0 Å². The number of aliphatic carboxylic acids is 1. The molecule has 0 bridgehead atoms. The van der Waals surface area contributed by atoms with Gasteiger partial charge in [0.25, 0.3) is 10.0 Å². The van der Waals surface area contributed by atoms with Gasteiger partial charge in [0.05, 0.1) is 10.9 Å². The summed E-state index contributed by atoms with van der Waals surface area (Å²) in [7, 11) is -3.99. The Hall–Kier alpha value is -2.86. The summed E-state index contributed by atoms with van der Waals surface area (Å²) in [6.07, 6.45) is 1.18. The predicted octanol–water partition coefficient (Wildman–Crippen LogP) is 0.227. The second-order valence-corrected chi connectivity index (χ2v) is 10.4. The van der Waals surface area contributed by atoms with Crippen LogP contribution in [0.1, 0.15) is 48.9 Å². The van der Waals surface area contributed by atoms with Crippen molar-refractivity contribution in [2.24, 2.45) is 16.5 Å². The Morgan fingerprint density at radius 1 is 1.21 bits per heavy atom. The lowest BCUT2D eigenvalue weighted by molar-refractivity contribution is -0.138. The van der Waals surface area contributed by atoms with Crippen LogP contribution in [0.15, 0.2) is 9.89 Å². The number of nitrogens with one attached hydrogen (secondary N) is 2. The van der Waals surface area contributed by atoms with E-state index in [1.165, 1.54) is 0 Å². The number of carbonyl (C=O) groups excluding carboxylic acids is 1. The standard InChI is InChI=1S/C21H33N5O6S/c1-11-12(2)18(13(3)14-9-21(4,5)32-17(11)14)33(30,31)26-20(23)24-8-6-7-15(22)19(29)25-10-16(27)28/h15H,6-10,22H2,1-5H3,(H,25,29)(H,27,28)(H3,23,24,26)/t15-/m0/s1. The van der Waals surface area contributed by atoms with Crippen LogP contribution in [-0.4, -0.2) is 56.1 Å². The summed E-state index contributed by atoms with van der Waals surface area (Å²) in [6.45, 7) is 8.87. The Kier molecular flexibility index (Phi) is 7.96. The maximum atomic E-state index is 13.1. The number of nitrogens with two attached hydrogens (primary N) is 2. The van der Waals surface area contributed by atoms with Crippen molar-refractivity contribution in [2.45, 2.75) is 70.4 Å². The molecule has 0 saturated carbocycles. The number of hydrogen-bond donors (Lipinski definition) is 5. The van der Waals surface area contributed by atoms with Crippen molar-refractivity contribution in [3.63, 3.8) is 0 Å². The van der Waals surface area contributed by atoms with E-state index in [9.17, 15) is 18.0 Å². The summed E-state index contributed by atoms with van der Waals surface area (Å²) < 4.78 is 34.6. The molecule has 0 unspecified atom stereocenters. The number of fused-ring (bicyclic) bond motifs is 1. The smallest absolute Gasteiger partial charge is 0.322 e. The summed E-state index contributed by atoms with van der Waals surface area (Å²) in [4.78, 5) is 26.3. The molecule has 1 atom stereocenters. The molecule has 1 amide bonds. The third kappa shape index (κ3) is 6.35. The summed E-state index contributed by atoms with van der Waals surface area (Å²) in [5, 5.41) is 10.8. The van der Waals surface area contributed by atoms with Gasteiger partial charge in [-0.25, -0.2) is 13.1 Å². The van der Waals surface area contributed by atoms with E-state index in [0.717, 1.165) is 16.9 Å². The molecule has 0 spiro atoms. The highest BCUT2D eigenvalue weighted by atomic mass is 32.2. The average Bonchev–Trinajstić information content (AvgIpc) is 3.03. The van der Waals surface area contributed by atoms with Gasteiger partial charge in [0, 0.05) is 18.5 Å². The molecule has 1 aromatic rings. The molecule has 1 aromatic carbocycles. The van der Waals surface area contributed by atoms with Crippen LogP contribution in [0.25, 0.3) is 0 Å². The minimum Gasteiger partial charge on any atom is -0.487 e. The van der Waals surface area contributed by atoms with Gasteiger partial charge in [0.1, 0.15) is 17.9 Å². The molecule has 184 valence electrons. The van der Waals surface area contributed by atoms with Crippen molar-refractivity contribution in [3.05, 3.63) is 22.3 Å². The Labute approximate surface area is 194 Å². The lowest BCUT2D eigenvalue weighted by atomic mass is 9.94. The number of carboxylic acids is 1. The normalized spacial score (nSPS) is 16.0. The van der Waals surface area contributed by atoms with Gasteiger partial charge in [-0.3, -0.25) is 14.6 Å². The average molecular weight is 484 g/mol. The van der Waals surface area contributed by atoms with Crippen LogP contribution < -0.4 is 26.2 Å². The number of amides is 1. The van der Waals surface area contributed by atoms with Crippen molar-refractivity contribution in [3.8, 4) is 5.75 Å². The van der Waals surface area contributed by atoms with Crippen molar-refractivity contribution < 1.29 is 27.9 Å². The van der Waals surface area contributed by atoms with Crippen LogP contribution in [0, 0.1) is 20.8 Å². The zero-order valence-electron chi connectivity index (χ0n) is 19.6. The summed E-state index contributed by atoms with van der Waals surface area (Å²) in [5.41, 5.74) is 13.9. The highest BCUT2D eigenvalue weighted by Crippen LogP contribution is 2.43. The van der Waals surface area contributed by atoms with Gasteiger partial charge >= 0.3 is 5.97 Å². The zero-order valence-corrected chi connectivity index (χ0v) is 20.4. The van der Waals surface area contributed by atoms with Gasteiger partial charge in [0.15, 0.2) is 0 Å². The largest absolute Gasteiger partial charge is 0.487 e. The summed E-state index contributed by atoms with van der Waals surface area (Å²) >= 11 is 0. The molecular weight excluding hydrogens is 450 g/mol. The summed E-state index contributed by atoms with van der Waals surface area (Å²) in [5.74, 6) is -1.28. The van der Waals surface area contributed by atoms with E-state index in [1.54, 1.807) is 13.8 Å². The van der Waals surface area contributed by atoms with Gasteiger partial charge < -0.3 is 26.6 Å². The Morgan fingerprint density at radius 3 is 2.45 bits per heavy atom. The van der Waals surface area contributed by atoms with Gasteiger partial charge in [-0.1, -0.05) is 0 Å². The number of carbonyl (C=O) groups is 2. The molecule has 7 N–H and O–H groups in total. The molecule has 1 aliphatic heterocycles. The van der Waals surface area contributed by atoms with E-state index in [2.05, 4.69) is 15.0 Å². The molecule has 1 heterocycles. The van der Waals surface area contributed by atoms with Crippen molar-refractivity contribution in [1.82, 2.24) is 10.0 Å². The molecule has 0 aliphatic carbocycles. The fourth-order valence-electron chi connectivity index (χ4n) is 3.80. The second kappa shape index (κ2) is 9.96. The minimum absolute atomic E-state index is 0.136. The number of hydrogen-bond acceptors (Lipinski definition) is 7. The molecule has 0 saturated heterocycles. The van der Waals surface area contributed by atoms with Gasteiger partial charge in [-0.2, -0.15) is 0 Å². The number of aliphatic imine (C=N–C) groups is 1. The molecule has 0 aromatic heterocycles. The van der Waals surface area contributed by atoms with Crippen LogP contribution in [0.4, 0.5) is 0 Å². The van der Waals surface area contributed by atoms with Gasteiger partial charge in [0.2, 0.25) is 11.9 Å². The van der Waals surface area contributed by atoms with Crippen LogP contribution in [0.3, 0.4) is 0 Å². The Balaban J connectivity index is 2.06. The van der Waals surface area contributed by atoms with Crippen LogP contribution >= 0.6 is 0 Å². The first kappa shape index (κ1) is 26.4. The maximum Gasteiger partial charge on any atom is 0.322 e. The number of nitrogens with zero attached hydrogens (tertiary/aromatic N) is 1. The molecule has 12 heteroatoms. The topological polar surface area (TPSA) is 186 Å². The highest BCUT2D eigenvalue weighted by Gasteiger charge is 2.36. The van der Waals surface area contributed by atoms with E-state index in [1.807, 2.05) is 20.8 Å². The van der Waals surface area contributed by atoms with E-state index in [-0.39, 0.29) is 23.8 Å². The number of carboxylic acid groups (broad SMARTS) is 1. The molecule has 2 rings (SSSR count). The van der Waals surface area contributed by atoms with Crippen LogP contribution in [-0.2, 0) is 26.0 Å². The number of guanidine groups is 1. The third-order valence-corrected chi connectivity index (χ3v) is 7.13. The van der Waals surface area contributed by atoms with E-state index < -0.39 is 40.1 Å². The number of benzene rings is 1. The molecule has 0 fully saturated rings. The van der Waals surface area contributed by atoms with Gasteiger partial charge in [-0.15, -0.1) is 0 Å². The fraction of sp³-hybridized carbons (Fsp3) is 0.571.